The molecule has 120 valence electrons. The molecule has 1 aromatic rings. The Morgan fingerprint density at radius 3 is 2.86 bits per heavy atom. The van der Waals surface area contributed by atoms with Gasteiger partial charge in [0.25, 0.3) is 0 Å². The third kappa shape index (κ3) is 2.46. The van der Waals surface area contributed by atoms with Crippen LogP contribution < -0.4 is 0 Å². The van der Waals surface area contributed by atoms with E-state index >= 15 is 0 Å². The fourth-order valence-corrected chi connectivity index (χ4v) is 3.70. The smallest absolute Gasteiger partial charge is 0.244 e. The first-order valence-corrected chi connectivity index (χ1v) is 7.86. The number of piperazine rings is 1. The number of aromatic nitrogens is 2. The summed E-state index contributed by atoms with van der Waals surface area (Å²) < 4.78 is 2.04. The number of likely N-dealkylation sites (N-methyl/N-ethyl adjacent to an activating group) is 1. The Kier molecular flexibility index (Phi) is 4.06. The second-order valence-electron chi connectivity index (χ2n) is 6.45. The largest absolute Gasteiger partial charge is 0.343 e. The highest BCUT2D eigenvalue weighted by atomic mass is 16.2. The summed E-state index contributed by atoms with van der Waals surface area (Å²) >= 11 is 0. The molecule has 0 aliphatic carbocycles. The average Bonchev–Trinajstić information content (AvgIpc) is 3.09. The molecular weight excluding hydrogens is 278 g/mol. The van der Waals surface area contributed by atoms with Gasteiger partial charge in [-0.15, -0.1) is 6.58 Å². The Morgan fingerprint density at radius 2 is 2.18 bits per heavy atom. The first kappa shape index (κ1) is 15.2. The average molecular weight is 303 g/mol. The number of amides is 1. The van der Waals surface area contributed by atoms with Crippen LogP contribution in [-0.2, 0) is 18.4 Å². The summed E-state index contributed by atoms with van der Waals surface area (Å²) in [5, 5.41) is 0. The predicted octanol–water partition coefficient (Wildman–Crippen LogP) is 0.325. The van der Waals surface area contributed by atoms with Gasteiger partial charge in [-0.2, -0.15) is 0 Å². The van der Waals surface area contributed by atoms with Crippen LogP contribution in [0, 0.1) is 0 Å². The van der Waals surface area contributed by atoms with Crippen LogP contribution in [0.3, 0.4) is 0 Å². The summed E-state index contributed by atoms with van der Waals surface area (Å²) in [7, 11) is 3.93. The zero-order chi connectivity index (χ0) is 15.7. The van der Waals surface area contributed by atoms with E-state index in [0.717, 1.165) is 45.7 Å². The van der Waals surface area contributed by atoms with Crippen molar-refractivity contribution in [3.63, 3.8) is 0 Å². The van der Waals surface area contributed by atoms with Gasteiger partial charge in [0.05, 0.1) is 12.0 Å². The van der Waals surface area contributed by atoms with E-state index in [1.165, 1.54) is 5.69 Å². The highest BCUT2D eigenvalue weighted by Gasteiger charge is 2.51. The van der Waals surface area contributed by atoms with Crippen LogP contribution in [0.15, 0.2) is 25.2 Å². The first-order valence-electron chi connectivity index (χ1n) is 7.86. The molecule has 1 spiro atoms. The molecule has 6 nitrogen and oxygen atoms in total. The molecule has 22 heavy (non-hydrogen) atoms. The van der Waals surface area contributed by atoms with E-state index in [2.05, 4.69) is 21.4 Å². The molecule has 1 amide bonds. The summed E-state index contributed by atoms with van der Waals surface area (Å²) in [6, 6.07) is 0. The maximum atomic E-state index is 12.9. The lowest BCUT2D eigenvalue weighted by Gasteiger charge is -2.46. The third-order valence-corrected chi connectivity index (χ3v) is 5.03. The van der Waals surface area contributed by atoms with E-state index in [0.29, 0.717) is 0 Å². The van der Waals surface area contributed by atoms with Crippen molar-refractivity contribution >= 4 is 5.91 Å². The fraction of sp³-hybridized carbons (Fsp3) is 0.625. The topological polar surface area (TPSA) is 44.6 Å². The molecule has 2 aliphatic rings. The molecule has 1 aromatic heterocycles. The van der Waals surface area contributed by atoms with Gasteiger partial charge in [-0.05, 0) is 6.42 Å². The number of rotatable bonds is 4. The molecule has 3 heterocycles. The molecule has 0 saturated carbocycles. The van der Waals surface area contributed by atoms with Crippen molar-refractivity contribution in [1.29, 1.82) is 0 Å². The van der Waals surface area contributed by atoms with Crippen molar-refractivity contribution in [1.82, 2.24) is 24.3 Å². The quantitative estimate of drug-likeness (QED) is 0.752. The zero-order valence-corrected chi connectivity index (χ0v) is 13.5. The minimum Gasteiger partial charge on any atom is -0.343 e. The zero-order valence-electron chi connectivity index (χ0n) is 13.5. The second-order valence-corrected chi connectivity index (χ2v) is 6.45. The Bertz CT molecular complexity index is 569. The summed E-state index contributed by atoms with van der Waals surface area (Å²) in [6.45, 7) is 8.93. The summed E-state index contributed by atoms with van der Waals surface area (Å²) in [4.78, 5) is 23.6. The Balaban J connectivity index is 1.78. The Morgan fingerprint density at radius 1 is 1.36 bits per heavy atom. The van der Waals surface area contributed by atoms with E-state index in [9.17, 15) is 4.79 Å². The van der Waals surface area contributed by atoms with Gasteiger partial charge < -0.3 is 9.47 Å². The lowest BCUT2D eigenvalue weighted by Crippen LogP contribution is -2.66. The number of carbonyl (C=O) groups is 1. The minimum atomic E-state index is -0.375. The predicted molar refractivity (Wildman–Crippen MR) is 85.2 cm³/mol. The number of imidazole rings is 1. The van der Waals surface area contributed by atoms with Gasteiger partial charge in [0, 0.05) is 59.6 Å². The van der Waals surface area contributed by atoms with Crippen molar-refractivity contribution < 1.29 is 4.79 Å². The molecule has 2 aliphatic heterocycles. The molecule has 1 atom stereocenters. The number of nitrogens with zero attached hydrogens (tertiary/aromatic N) is 5. The standard InChI is InChI=1S/C16H25N5O/c1-4-6-21-9-8-18(2)15(22)16(21)5-7-20(12-16)11-14-10-17-13-19(14)3/h4,10,13H,1,5-9,11-12H2,2-3H3/t16-/m1/s1. The normalized spacial score (nSPS) is 27.0. The van der Waals surface area contributed by atoms with Crippen LogP contribution in [0.5, 0.6) is 0 Å². The molecular formula is C16H25N5O. The molecule has 2 saturated heterocycles. The van der Waals surface area contributed by atoms with Crippen molar-refractivity contribution in [2.45, 2.75) is 18.5 Å². The number of aryl methyl sites for hydroxylation is 1. The summed E-state index contributed by atoms with van der Waals surface area (Å²) in [6.07, 6.45) is 6.53. The molecule has 0 radical (unpaired) electrons. The SMILES string of the molecule is C=CCN1CCN(C)C(=O)[C@]12CCN(Cc1cncn1C)C2. The van der Waals surface area contributed by atoms with Crippen molar-refractivity contribution in [3.05, 3.63) is 30.9 Å². The van der Waals surface area contributed by atoms with Gasteiger partial charge in [0.2, 0.25) is 5.91 Å². The monoisotopic (exact) mass is 303 g/mol. The Hall–Kier alpha value is -1.66. The molecule has 0 bridgehead atoms. The van der Waals surface area contributed by atoms with Gasteiger partial charge in [-0.1, -0.05) is 6.08 Å². The van der Waals surface area contributed by atoms with Gasteiger partial charge >= 0.3 is 0 Å². The molecule has 0 N–H and O–H groups in total. The van der Waals surface area contributed by atoms with Crippen LogP contribution in [0.2, 0.25) is 0 Å². The summed E-state index contributed by atoms with van der Waals surface area (Å²) in [5.74, 6) is 0.258. The van der Waals surface area contributed by atoms with Gasteiger partial charge in [-0.25, -0.2) is 4.98 Å². The highest BCUT2D eigenvalue weighted by molar-refractivity contribution is 5.87. The first-order chi connectivity index (χ1) is 10.6. The highest BCUT2D eigenvalue weighted by Crippen LogP contribution is 2.33. The van der Waals surface area contributed by atoms with E-state index < -0.39 is 0 Å². The molecule has 0 aromatic carbocycles. The van der Waals surface area contributed by atoms with Crippen LogP contribution >= 0.6 is 0 Å². The lowest BCUT2D eigenvalue weighted by atomic mass is 9.91. The maximum Gasteiger partial charge on any atom is 0.244 e. The maximum absolute atomic E-state index is 12.9. The molecule has 3 rings (SSSR count). The van der Waals surface area contributed by atoms with Gasteiger partial charge in [-0.3, -0.25) is 14.6 Å². The number of carbonyl (C=O) groups excluding carboxylic acids is 1. The van der Waals surface area contributed by atoms with Crippen LogP contribution in [0.4, 0.5) is 0 Å². The molecule has 0 unspecified atom stereocenters. The summed E-state index contributed by atoms with van der Waals surface area (Å²) in [5.41, 5.74) is 0.809. The van der Waals surface area contributed by atoms with E-state index in [1.54, 1.807) is 0 Å². The van der Waals surface area contributed by atoms with Crippen molar-refractivity contribution in [2.24, 2.45) is 7.05 Å². The molecule has 2 fully saturated rings. The van der Waals surface area contributed by atoms with Crippen LogP contribution in [0.25, 0.3) is 0 Å². The van der Waals surface area contributed by atoms with E-state index in [-0.39, 0.29) is 11.4 Å². The third-order valence-electron chi connectivity index (χ3n) is 5.03. The van der Waals surface area contributed by atoms with Crippen LogP contribution in [-0.4, -0.2) is 75.5 Å². The molecule has 6 heteroatoms. The van der Waals surface area contributed by atoms with Crippen molar-refractivity contribution in [2.75, 3.05) is 39.8 Å². The van der Waals surface area contributed by atoms with Crippen LogP contribution in [0.1, 0.15) is 12.1 Å². The second kappa shape index (κ2) is 5.85. The number of likely N-dealkylation sites (tertiary alicyclic amines) is 1. The minimum absolute atomic E-state index is 0.258. The lowest BCUT2D eigenvalue weighted by molar-refractivity contribution is -0.148. The number of hydrogen-bond donors (Lipinski definition) is 0. The fourth-order valence-electron chi connectivity index (χ4n) is 3.70. The van der Waals surface area contributed by atoms with Crippen molar-refractivity contribution in [3.8, 4) is 0 Å². The van der Waals surface area contributed by atoms with Gasteiger partial charge in [0.15, 0.2) is 0 Å². The van der Waals surface area contributed by atoms with E-state index in [1.807, 2.05) is 42.2 Å². The Labute approximate surface area is 132 Å². The van der Waals surface area contributed by atoms with E-state index in [4.69, 9.17) is 0 Å². The van der Waals surface area contributed by atoms with Gasteiger partial charge in [0.1, 0.15) is 5.54 Å². The number of hydrogen-bond acceptors (Lipinski definition) is 4.